The summed E-state index contributed by atoms with van der Waals surface area (Å²) in [5.74, 6) is 0. The van der Waals surface area contributed by atoms with E-state index < -0.39 is 0 Å². The van der Waals surface area contributed by atoms with Gasteiger partial charge in [0.1, 0.15) is 0 Å². The van der Waals surface area contributed by atoms with Crippen LogP contribution in [0.25, 0.3) is 0 Å². The molecule has 0 aliphatic heterocycles. The summed E-state index contributed by atoms with van der Waals surface area (Å²) in [6, 6.07) is 0. The van der Waals surface area contributed by atoms with Crippen molar-refractivity contribution in [1.29, 1.82) is 0 Å². The van der Waals surface area contributed by atoms with Crippen molar-refractivity contribution < 1.29 is 0 Å². The van der Waals surface area contributed by atoms with Crippen LogP contribution in [0.2, 0.25) is 0 Å². The van der Waals surface area contributed by atoms with Crippen molar-refractivity contribution in [3.8, 4) is 0 Å². The van der Waals surface area contributed by atoms with Crippen molar-refractivity contribution in [1.82, 2.24) is 10.2 Å². The highest BCUT2D eigenvalue weighted by Crippen LogP contribution is 1.87. The predicted octanol–water partition coefficient (Wildman–Crippen LogP) is 0.938. The lowest BCUT2D eigenvalue weighted by molar-refractivity contribution is 0.392. The molecule has 10 heavy (non-hydrogen) atoms. The second-order valence-corrected chi connectivity index (χ2v) is 2.86. The summed E-state index contributed by atoms with van der Waals surface area (Å²) < 4.78 is 0. The van der Waals surface area contributed by atoms with Gasteiger partial charge in [0.25, 0.3) is 0 Å². The Labute approximate surface area is 64.6 Å². The largest absolute Gasteiger partial charge is 0.317 e. The molecular formula is C8H20N2. The van der Waals surface area contributed by atoms with E-state index in [-0.39, 0.29) is 0 Å². The maximum atomic E-state index is 3.30. The Morgan fingerprint density at radius 1 is 1.20 bits per heavy atom. The maximum absolute atomic E-state index is 3.30. The third-order valence-electron chi connectivity index (χ3n) is 1.46. The Morgan fingerprint density at radius 2 is 1.90 bits per heavy atom. The first-order chi connectivity index (χ1) is 4.77. The summed E-state index contributed by atoms with van der Waals surface area (Å²) in [4.78, 5) is 2.23. The summed E-state index contributed by atoms with van der Waals surface area (Å²) in [6.45, 7) is 5.63. The number of unbranched alkanes of at least 4 members (excludes halogenated alkanes) is 1. The van der Waals surface area contributed by atoms with Gasteiger partial charge in [-0.2, -0.15) is 0 Å². The first-order valence-corrected chi connectivity index (χ1v) is 4.12. The lowest BCUT2D eigenvalue weighted by atomic mass is 10.3. The number of rotatable bonds is 6. The molecule has 0 fully saturated rings. The summed E-state index contributed by atoms with van der Waals surface area (Å²) in [6.07, 6.45) is 2.60. The molecule has 62 valence electrons. The van der Waals surface area contributed by atoms with Crippen LogP contribution in [0.5, 0.6) is 0 Å². The third kappa shape index (κ3) is 7.92. The van der Waals surface area contributed by atoms with Gasteiger partial charge in [-0.15, -0.1) is 0 Å². The summed E-state index contributed by atoms with van der Waals surface area (Å²) in [5.41, 5.74) is 0. The van der Waals surface area contributed by atoms with Crippen molar-refractivity contribution in [3.05, 3.63) is 0 Å². The van der Waals surface area contributed by atoms with Crippen LogP contribution in [0.1, 0.15) is 19.8 Å². The molecular weight excluding hydrogens is 124 g/mol. The molecule has 0 radical (unpaired) electrons. The van der Waals surface area contributed by atoms with Gasteiger partial charge in [0.05, 0.1) is 0 Å². The molecule has 0 aromatic carbocycles. The highest BCUT2D eigenvalue weighted by Gasteiger charge is 1.89. The van der Waals surface area contributed by atoms with Crippen molar-refractivity contribution in [3.63, 3.8) is 0 Å². The summed E-state index contributed by atoms with van der Waals surface area (Å²) >= 11 is 0. The normalized spacial score (nSPS) is 10.8. The van der Waals surface area contributed by atoms with E-state index in [1.807, 2.05) is 0 Å². The first-order valence-electron chi connectivity index (χ1n) is 4.12. The topological polar surface area (TPSA) is 15.3 Å². The Kier molecular flexibility index (Phi) is 6.98. The standard InChI is InChI=1S/C8H20N2/c1-4-9-7-5-6-8-10(2)3/h9H,4-8H2,1-3H3. The van der Waals surface area contributed by atoms with E-state index in [9.17, 15) is 0 Å². The molecule has 0 unspecified atom stereocenters. The molecule has 0 heterocycles. The van der Waals surface area contributed by atoms with Gasteiger partial charge in [0.2, 0.25) is 0 Å². The first kappa shape index (κ1) is 9.92. The minimum Gasteiger partial charge on any atom is -0.317 e. The molecule has 0 aromatic heterocycles. The van der Waals surface area contributed by atoms with E-state index in [1.54, 1.807) is 0 Å². The fourth-order valence-electron chi connectivity index (χ4n) is 0.855. The van der Waals surface area contributed by atoms with Gasteiger partial charge in [-0.3, -0.25) is 0 Å². The van der Waals surface area contributed by atoms with E-state index in [4.69, 9.17) is 0 Å². The Balaban J connectivity index is 2.77. The molecule has 0 saturated heterocycles. The van der Waals surface area contributed by atoms with E-state index in [2.05, 4.69) is 31.2 Å². The zero-order valence-corrected chi connectivity index (χ0v) is 7.48. The van der Waals surface area contributed by atoms with Gasteiger partial charge in [0.15, 0.2) is 0 Å². The molecule has 0 atom stereocenters. The summed E-state index contributed by atoms with van der Waals surface area (Å²) in [7, 11) is 4.24. The minimum atomic E-state index is 1.10. The van der Waals surface area contributed by atoms with E-state index >= 15 is 0 Å². The van der Waals surface area contributed by atoms with Crippen molar-refractivity contribution >= 4 is 0 Å². The lowest BCUT2D eigenvalue weighted by Gasteiger charge is -2.08. The number of hydrogen-bond donors (Lipinski definition) is 1. The third-order valence-corrected chi connectivity index (χ3v) is 1.46. The predicted molar refractivity (Wildman–Crippen MR) is 46.3 cm³/mol. The van der Waals surface area contributed by atoms with Crippen LogP contribution < -0.4 is 5.32 Å². The second kappa shape index (κ2) is 7.03. The lowest BCUT2D eigenvalue weighted by Crippen LogP contribution is -2.17. The SMILES string of the molecule is CCNCCCCN(C)C. The maximum Gasteiger partial charge on any atom is -0.00244 e. The molecule has 0 amide bonds. The Morgan fingerprint density at radius 3 is 2.40 bits per heavy atom. The van der Waals surface area contributed by atoms with Gasteiger partial charge in [-0.05, 0) is 46.6 Å². The molecule has 0 spiro atoms. The van der Waals surface area contributed by atoms with Gasteiger partial charge in [0, 0.05) is 0 Å². The van der Waals surface area contributed by atoms with Crippen molar-refractivity contribution in [2.75, 3.05) is 33.7 Å². The van der Waals surface area contributed by atoms with Crippen LogP contribution in [0.15, 0.2) is 0 Å². The highest BCUT2D eigenvalue weighted by molar-refractivity contribution is 4.48. The fraction of sp³-hybridized carbons (Fsp3) is 1.00. The highest BCUT2D eigenvalue weighted by atomic mass is 15.0. The van der Waals surface area contributed by atoms with Crippen molar-refractivity contribution in [2.24, 2.45) is 0 Å². The van der Waals surface area contributed by atoms with Crippen LogP contribution >= 0.6 is 0 Å². The molecule has 0 saturated carbocycles. The van der Waals surface area contributed by atoms with Crippen LogP contribution in [0, 0.1) is 0 Å². The molecule has 0 aliphatic rings. The number of nitrogens with zero attached hydrogens (tertiary/aromatic N) is 1. The molecule has 0 bridgehead atoms. The smallest absolute Gasteiger partial charge is 0.00244 e. The zero-order chi connectivity index (χ0) is 7.82. The van der Waals surface area contributed by atoms with E-state index in [0.717, 1.165) is 6.54 Å². The molecule has 0 aromatic rings. The quantitative estimate of drug-likeness (QED) is 0.558. The average molecular weight is 144 g/mol. The number of hydrogen-bond acceptors (Lipinski definition) is 2. The minimum absolute atomic E-state index is 1.10. The van der Waals surface area contributed by atoms with Gasteiger partial charge < -0.3 is 10.2 Å². The van der Waals surface area contributed by atoms with Crippen LogP contribution in [-0.2, 0) is 0 Å². The van der Waals surface area contributed by atoms with E-state index in [1.165, 1.54) is 25.9 Å². The monoisotopic (exact) mass is 144 g/mol. The Hall–Kier alpha value is -0.0800. The van der Waals surface area contributed by atoms with Gasteiger partial charge >= 0.3 is 0 Å². The second-order valence-electron chi connectivity index (χ2n) is 2.86. The van der Waals surface area contributed by atoms with Crippen LogP contribution in [-0.4, -0.2) is 38.6 Å². The average Bonchev–Trinajstić information content (AvgIpc) is 1.87. The van der Waals surface area contributed by atoms with Crippen molar-refractivity contribution in [2.45, 2.75) is 19.8 Å². The van der Waals surface area contributed by atoms with E-state index in [0.29, 0.717) is 0 Å². The molecule has 1 N–H and O–H groups in total. The van der Waals surface area contributed by atoms with Gasteiger partial charge in [-0.25, -0.2) is 0 Å². The molecule has 0 rings (SSSR count). The fourth-order valence-corrected chi connectivity index (χ4v) is 0.855. The van der Waals surface area contributed by atoms with Gasteiger partial charge in [-0.1, -0.05) is 6.92 Å². The number of nitrogens with one attached hydrogen (secondary N) is 1. The zero-order valence-electron chi connectivity index (χ0n) is 7.48. The molecule has 2 heteroatoms. The summed E-state index contributed by atoms with van der Waals surface area (Å²) in [5, 5.41) is 3.30. The van der Waals surface area contributed by atoms with Crippen LogP contribution in [0.4, 0.5) is 0 Å². The Bertz CT molecular complexity index is 62.3. The van der Waals surface area contributed by atoms with Crippen LogP contribution in [0.3, 0.4) is 0 Å². The molecule has 2 nitrogen and oxygen atoms in total. The molecule has 0 aliphatic carbocycles.